The van der Waals surface area contributed by atoms with Crippen LogP contribution in [0.25, 0.3) is 0 Å². The highest BCUT2D eigenvalue weighted by Crippen LogP contribution is 2.40. The summed E-state index contributed by atoms with van der Waals surface area (Å²) in [6.45, 7) is 8.95. The minimum Gasteiger partial charge on any atom is -0.299 e. The third-order valence-corrected chi connectivity index (χ3v) is 2.79. The Morgan fingerprint density at radius 1 is 1.33 bits per heavy atom. The Morgan fingerprint density at radius 3 is 2.08 bits per heavy atom. The standard InChI is InChI=1S/C11H20O/c1-7(2)5-9(8(3)4)10-6-11(10)12/h7-10H,5-6H2,1-4H3. The third kappa shape index (κ3) is 2.33. The second-order valence-corrected chi connectivity index (χ2v) is 4.81. The molecule has 1 saturated carbocycles. The molecule has 0 radical (unpaired) electrons. The van der Waals surface area contributed by atoms with Gasteiger partial charge >= 0.3 is 0 Å². The van der Waals surface area contributed by atoms with Gasteiger partial charge in [0.1, 0.15) is 5.78 Å². The molecule has 0 aromatic heterocycles. The predicted octanol–water partition coefficient (Wildman–Crippen LogP) is 2.89. The van der Waals surface area contributed by atoms with E-state index < -0.39 is 0 Å². The van der Waals surface area contributed by atoms with E-state index in [1.165, 1.54) is 6.42 Å². The molecule has 2 unspecified atom stereocenters. The van der Waals surface area contributed by atoms with Gasteiger partial charge in [0.05, 0.1) is 0 Å². The van der Waals surface area contributed by atoms with Crippen LogP contribution in [0.2, 0.25) is 0 Å². The van der Waals surface area contributed by atoms with Crippen LogP contribution in [-0.4, -0.2) is 5.78 Å². The van der Waals surface area contributed by atoms with Crippen molar-refractivity contribution in [2.45, 2.75) is 40.5 Å². The molecule has 1 aliphatic carbocycles. The van der Waals surface area contributed by atoms with Crippen LogP contribution in [0.1, 0.15) is 40.5 Å². The lowest BCUT2D eigenvalue weighted by Gasteiger charge is -2.21. The van der Waals surface area contributed by atoms with Crippen molar-refractivity contribution in [3.05, 3.63) is 0 Å². The summed E-state index contributed by atoms with van der Waals surface area (Å²) in [4.78, 5) is 11.0. The lowest BCUT2D eigenvalue weighted by atomic mass is 9.84. The van der Waals surface area contributed by atoms with E-state index in [9.17, 15) is 4.79 Å². The Hall–Kier alpha value is -0.330. The number of carbonyl (C=O) groups excluding carboxylic acids is 1. The van der Waals surface area contributed by atoms with Crippen molar-refractivity contribution in [1.29, 1.82) is 0 Å². The zero-order chi connectivity index (χ0) is 9.30. The van der Waals surface area contributed by atoms with Gasteiger partial charge in [0.15, 0.2) is 0 Å². The first-order valence-electron chi connectivity index (χ1n) is 5.05. The zero-order valence-corrected chi connectivity index (χ0v) is 8.63. The van der Waals surface area contributed by atoms with Crippen molar-refractivity contribution >= 4 is 5.78 Å². The molecule has 12 heavy (non-hydrogen) atoms. The molecule has 0 N–H and O–H groups in total. The Kier molecular flexibility index (Phi) is 2.92. The second-order valence-electron chi connectivity index (χ2n) is 4.81. The third-order valence-electron chi connectivity index (χ3n) is 2.79. The van der Waals surface area contributed by atoms with Gasteiger partial charge in [-0.25, -0.2) is 0 Å². The van der Waals surface area contributed by atoms with Gasteiger partial charge in [-0.15, -0.1) is 0 Å². The van der Waals surface area contributed by atoms with Crippen molar-refractivity contribution in [1.82, 2.24) is 0 Å². The number of hydrogen-bond donors (Lipinski definition) is 0. The Morgan fingerprint density at radius 2 is 1.83 bits per heavy atom. The summed E-state index contributed by atoms with van der Waals surface area (Å²) in [5, 5.41) is 0. The number of ketones is 1. The van der Waals surface area contributed by atoms with Gasteiger partial charge < -0.3 is 0 Å². The molecule has 1 nitrogen and oxygen atoms in total. The van der Waals surface area contributed by atoms with Gasteiger partial charge in [-0.1, -0.05) is 27.7 Å². The van der Waals surface area contributed by atoms with Crippen molar-refractivity contribution in [2.24, 2.45) is 23.7 Å². The highest BCUT2D eigenvalue weighted by Gasteiger charge is 2.42. The Bertz CT molecular complexity index is 170. The van der Waals surface area contributed by atoms with E-state index in [2.05, 4.69) is 27.7 Å². The molecule has 0 saturated heterocycles. The molecule has 0 heterocycles. The first kappa shape index (κ1) is 9.76. The number of Topliss-reactive ketones (excluding diaryl/α,β-unsaturated/α-hetero) is 1. The molecular weight excluding hydrogens is 148 g/mol. The van der Waals surface area contributed by atoms with Crippen LogP contribution in [0.4, 0.5) is 0 Å². The number of carbonyl (C=O) groups is 1. The molecule has 1 rings (SSSR count). The molecular formula is C11H20O. The Labute approximate surface area is 75.5 Å². The first-order chi connectivity index (χ1) is 5.52. The van der Waals surface area contributed by atoms with E-state index in [1.54, 1.807) is 0 Å². The fourth-order valence-electron chi connectivity index (χ4n) is 1.99. The summed E-state index contributed by atoms with van der Waals surface area (Å²) in [5.41, 5.74) is 0. The SMILES string of the molecule is CC(C)CC(C(C)C)C1CC1=O. The van der Waals surface area contributed by atoms with Crippen LogP contribution in [-0.2, 0) is 4.79 Å². The summed E-state index contributed by atoms with van der Waals surface area (Å²) in [5.74, 6) is 2.97. The normalized spacial score (nSPS) is 25.2. The zero-order valence-electron chi connectivity index (χ0n) is 8.63. The topological polar surface area (TPSA) is 17.1 Å². The lowest BCUT2D eigenvalue weighted by Crippen LogP contribution is -2.14. The highest BCUT2D eigenvalue weighted by atomic mass is 16.1. The molecule has 70 valence electrons. The summed E-state index contributed by atoms with van der Waals surface area (Å²) < 4.78 is 0. The number of hydrogen-bond acceptors (Lipinski definition) is 1. The van der Waals surface area contributed by atoms with Gasteiger partial charge in [-0.3, -0.25) is 4.79 Å². The van der Waals surface area contributed by atoms with Crippen molar-refractivity contribution < 1.29 is 4.79 Å². The monoisotopic (exact) mass is 168 g/mol. The Balaban J connectivity index is 2.44. The highest BCUT2D eigenvalue weighted by molar-refractivity contribution is 5.96. The van der Waals surface area contributed by atoms with E-state index in [1.807, 2.05) is 0 Å². The van der Waals surface area contributed by atoms with Crippen LogP contribution in [0, 0.1) is 23.7 Å². The van der Waals surface area contributed by atoms with Gasteiger partial charge in [-0.2, -0.15) is 0 Å². The van der Waals surface area contributed by atoms with Crippen LogP contribution in [0.3, 0.4) is 0 Å². The smallest absolute Gasteiger partial charge is 0.137 e. The minimum atomic E-state index is 0.424. The molecule has 0 bridgehead atoms. The minimum absolute atomic E-state index is 0.424. The maximum absolute atomic E-state index is 11.0. The second kappa shape index (κ2) is 3.59. The van der Waals surface area contributed by atoms with Gasteiger partial charge in [0.2, 0.25) is 0 Å². The molecule has 1 fully saturated rings. The van der Waals surface area contributed by atoms with Gasteiger partial charge in [0, 0.05) is 12.3 Å². The van der Waals surface area contributed by atoms with Crippen molar-refractivity contribution in [3.63, 3.8) is 0 Å². The van der Waals surface area contributed by atoms with E-state index >= 15 is 0 Å². The van der Waals surface area contributed by atoms with E-state index in [0.717, 1.165) is 12.3 Å². The summed E-state index contributed by atoms with van der Waals surface area (Å²) in [6, 6.07) is 0. The first-order valence-corrected chi connectivity index (χ1v) is 5.05. The summed E-state index contributed by atoms with van der Waals surface area (Å²) in [7, 11) is 0. The van der Waals surface area contributed by atoms with Crippen LogP contribution >= 0.6 is 0 Å². The fraction of sp³-hybridized carbons (Fsp3) is 0.909. The molecule has 0 amide bonds. The fourth-order valence-corrected chi connectivity index (χ4v) is 1.99. The van der Waals surface area contributed by atoms with Crippen LogP contribution < -0.4 is 0 Å². The average Bonchev–Trinajstić information content (AvgIpc) is 2.61. The lowest BCUT2D eigenvalue weighted by molar-refractivity contribution is -0.111. The van der Waals surface area contributed by atoms with E-state index in [-0.39, 0.29) is 0 Å². The largest absolute Gasteiger partial charge is 0.299 e. The quantitative estimate of drug-likeness (QED) is 0.631. The summed E-state index contributed by atoms with van der Waals surface area (Å²) in [6.07, 6.45) is 2.07. The molecule has 0 spiro atoms. The van der Waals surface area contributed by atoms with Crippen molar-refractivity contribution in [2.75, 3.05) is 0 Å². The molecule has 1 heteroatoms. The average molecular weight is 168 g/mol. The molecule has 2 atom stereocenters. The molecule has 0 aromatic rings. The maximum atomic E-state index is 11.0. The van der Waals surface area contributed by atoms with E-state index in [0.29, 0.717) is 23.5 Å². The van der Waals surface area contributed by atoms with Gasteiger partial charge in [0.25, 0.3) is 0 Å². The van der Waals surface area contributed by atoms with Crippen molar-refractivity contribution in [3.8, 4) is 0 Å². The van der Waals surface area contributed by atoms with Crippen LogP contribution in [0.5, 0.6) is 0 Å². The molecule has 1 aliphatic rings. The van der Waals surface area contributed by atoms with Crippen LogP contribution in [0.15, 0.2) is 0 Å². The molecule has 0 aliphatic heterocycles. The molecule has 0 aromatic carbocycles. The van der Waals surface area contributed by atoms with Gasteiger partial charge in [-0.05, 0) is 24.2 Å². The van der Waals surface area contributed by atoms with E-state index in [4.69, 9.17) is 0 Å². The maximum Gasteiger partial charge on any atom is 0.137 e. The number of rotatable bonds is 4. The predicted molar refractivity (Wildman–Crippen MR) is 50.9 cm³/mol. The summed E-state index contributed by atoms with van der Waals surface area (Å²) >= 11 is 0.